The molecule has 0 spiro atoms. The van der Waals surface area contributed by atoms with Gasteiger partial charge in [-0.3, -0.25) is 0 Å². The van der Waals surface area contributed by atoms with Crippen LogP contribution >= 0.6 is 0 Å². The molecule has 18 heavy (non-hydrogen) atoms. The molecule has 0 bridgehead atoms. The number of rotatable bonds is 1. The maximum atomic E-state index is 11.9. The first kappa shape index (κ1) is 13.2. The number of hydrogen-bond acceptors (Lipinski definition) is 4. The minimum atomic E-state index is -0.410. The van der Waals surface area contributed by atoms with Gasteiger partial charge in [-0.05, 0) is 33.6 Å². The number of hydrogen-bond donors (Lipinski definition) is 1. The van der Waals surface area contributed by atoms with Gasteiger partial charge in [0, 0.05) is 31.9 Å². The molecule has 0 atom stereocenters. The second-order valence-corrected chi connectivity index (χ2v) is 5.85. The standard InChI is InChI=1S/C13H23N3O2/c1-13(2,3)18-12(17)15-9-5-11(6-10-15)16-8-4-7-14-16/h4,8,11,14H,5-7,9-10H2,1-3H3. The lowest BCUT2D eigenvalue weighted by Gasteiger charge is -2.37. The van der Waals surface area contributed by atoms with E-state index in [1.165, 1.54) is 0 Å². The van der Waals surface area contributed by atoms with E-state index in [0.29, 0.717) is 6.04 Å². The van der Waals surface area contributed by atoms with Gasteiger partial charge in [0.1, 0.15) is 5.60 Å². The Bertz CT molecular complexity index is 328. The average molecular weight is 253 g/mol. The summed E-state index contributed by atoms with van der Waals surface area (Å²) in [5, 5.41) is 2.16. The van der Waals surface area contributed by atoms with Crippen LogP contribution in [-0.4, -0.2) is 47.3 Å². The van der Waals surface area contributed by atoms with Crippen LogP contribution in [0.15, 0.2) is 12.3 Å². The molecule has 0 aromatic heterocycles. The van der Waals surface area contributed by atoms with Crippen LogP contribution in [0.2, 0.25) is 0 Å². The summed E-state index contributed by atoms with van der Waals surface area (Å²) >= 11 is 0. The fourth-order valence-corrected chi connectivity index (χ4v) is 2.28. The Hall–Kier alpha value is -1.23. The van der Waals surface area contributed by atoms with Gasteiger partial charge in [-0.15, -0.1) is 0 Å². The summed E-state index contributed by atoms with van der Waals surface area (Å²) < 4.78 is 5.38. The molecule has 0 aromatic rings. The number of amides is 1. The Morgan fingerprint density at radius 2 is 2.00 bits per heavy atom. The number of ether oxygens (including phenoxy) is 1. The molecule has 1 saturated heterocycles. The Morgan fingerprint density at radius 1 is 1.33 bits per heavy atom. The number of nitrogens with zero attached hydrogens (tertiary/aromatic N) is 2. The van der Waals surface area contributed by atoms with Crippen molar-refractivity contribution in [3.63, 3.8) is 0 Å². The van der Waals surface area contributed by atoms with Crippen molar-refractivity contribution in [3.8, 4) is 0 Å². The number of nitrogens with one attached hydrogen (secondary N) is 1. The van der Waals surface area contributed by atoms with E-state index in [-0.39, 0.29) is 6.09 Å². The van der Waals surface area contributed by atoms with Crippen molar-refractivity contribution in [1.29, 1.82) is 0 Å². The molecule has 0 aromatic carbocycles. The van der Waals surface area contributed by atoms with Crippen molar-refractivity contribution < 1.29 is 9.53 Å². The maximum absolute atomic E-state index is 11.9. The molecule has 2 rings (SSSR count). The molecule has 2 aliphatic rings. The molecule has 0 unspecified atom stereocenters. The molecular weight excluding hydrogens is 230 g/mol. The maximum Gasteiger partial charge on any atom is 0.410 e. The third kappa shape index (κ3) is 3.38. The first-order valence-electron chi connectivity index (χ1n) is 6.62. The summed E-state index contributed by atoms with van der Waals surface area (Å²) in [5.74, 6) is 0. The van der Waals surface area contributed by atoms with E-state index >= 15 is 0 Å². The molecule has 1 amide bonds. The van der Waals surface area contributed by atoms with Crippen LogP contribution < -0.4 is 5.43 Å². The molecule has 0 radical (unpaired) electrons. The van der Waals surface area contributed by atoms with Gasteiger partial charge in [0.2, 0.25) is 0 Å². The Labute approximate surface area is 109 Å². The van der Waals surface area contributed by atoms with Crippen LogP contribution in [0.3, 0.4) is 0 Å². The van der Waals surface area contributed by atoms with Gasteiger partial charge in [-0.2, -0.15) is 0 Å². The number of hydrazine groups is 1. The quantitative estimate of drug-likeness (QED) is 0.773. The number of likely N-dealkylation sites (tertiary alicyclic amines) is 1. The Balaban J connectivity index is 1.79. The zero-order valence-electron chi connectivity index (χ0n) is 11.5. The van der Waals surface area contributed by atoms with Gasteiger partial charge in [-0.25, -0.2) is 10.2 Å². The van der Waals surface area contributed by atoms with Crippen LogP contribution in [-0.2, 0) is 4.74 Å². The van der Waals surface area contributed by atoms with E-state index in [0.717, 1.165) is 32.5 Å². The van der Waals surface area contributed by atoms with Crippen LogP contribution in [0.1, 0.15) is 33.6 Å². The first-order valence-corrected chi connectivity index (χ1v) is 6.62. The van der Waals surface area contributed by atoms with Gasteiger partial charge in [-0.1, -0.05) is 6.08 Å². The predicted octanol–water partition coefficient (Wildman–Crippen LogP) is 1.72. The Kier molecular flexibility index (Phi) is 3.80. The van der Waals surface area contributed by atoms with Crippen molar-refractivity contribution in [2.75, 3.05) is 19.6 Å². The van der Waals surface area contributed by atoms with Gasteiger partial charge >= 0.3 is 6.09 Å². The van der Waals surface area contributed by atoms with Crippen molar-refractivity contribution in [1.82, 2.24) is 15.3 Å². The normalized spacial score (nSPS) is 21.5. The zero-order chi connectivity index (χ0) is 13.2. The minimum absolute atomic E-state index is 0.189. The molecule has 5 nitrogen and oxygen atoms in total. The summed E-state index contributed by atoms with van der Waals surface area (Å²) in [6.45, 7) is 8.15. The molecule has 2 aliphatic heterocycles. The summed E-state index contributed by atoms with van der Waals surface area (Å²) in [6, 6.07) is 0.488. The second kappa shape index (κ2) is 5.18. The molecule has 1 N–H and O–H groups in total. The lowest BCUT2D eigenvalue weighted by Crippen LogP contribution is -2.48. The highest BCUT2D eigenvalue weighted by Crippen LogP contribution is 2.19. The van der Waals surface area contributed by atoms with E-state index in [9.17, 15) is 4.79 Å². The third-order valence-electron chi connectivity index (χ3n) is 3.17. The average Bonchev–Trinajstić information content (AvgIpc) is 2.80. The highest BCUT2D eigenvalue weighted by Gasteiger charge is 2.29. The molecule has 0 saturated carbocycles. The second-order valence-electron chi connectivity index (χ2n) is 5.85. The molecule has 5 heteroatoms. The van der Waals surface area contributed by atoms with Gasteiger partial charge in [0.15, 0.2) is 0 Å². The van der Waals surface area contributed by atoms with Gasteiger partial charge in [0.25, 0.3) is 0 Å². The molecular formula is C13H23N3O2. The summed E-state index contributed by atoms with van der Waals surface area (Å²) in [4.78, 5) is 13.7. The predicted molar refractivity (Wildman–Crippen MR) is 69.8 cm³/mol. The largest absolute Gasteiger partial charge is 0.444 e. The molecule has 0 aliphatic carbocycles. The van der Waals surface area contributed by atoms with E-state index in [1.54, 1.807) is 0 Å². The SMILES string of the molecule is CC(C)(C)OC(=O)N1CCC(N2C=CCN2)CC1. The third-order valence-corrected chi connectivity index (χ3v) is 3.17. The Morgan fingerprint density at radius 3 is 2.50 bits per heavy atom. The first-order chi connectivity index (χ1) is 8.46. The molecule has 102 valence electrons. The van der Waals surface area contributed by atoms with Crippen molar-refractivity contribution in [2.24, 2.45) is 0 Å². The number of carbonyl (C=O) groups is 1. The molecule has 2 heterocycles. The number of piperidine rings is 1. The van der Waals surface area contributed by atoms with E-state index in [2.05, 4.69) is 22.7 Å². The minimum Gasteiger partial charge on any atom is -0.444 e. The number of carbonyl (C=O) groups excluding carboxylic acids is 1. The fraction of sp³-hybridized carbons (Fsp3) is 0.769. The summed E-state index contributed by atoms with van der Waals surface area (Å²) in [6.07, 6.45) is 5.98. The fourth-order valence-electron chi connectivity index (χ4n) is 2.28. The smallest absolute Gasteiger partial charge is 0.410 e. The summed E-state index contributed by atoms with van der Waals surface area (Å²) in [5.41, 5.74) is 2.89. The molecule has 1 fully saturated rings. The highest BCUT2D eigenvalue weighted by molar-refractivity contribution is 5.68. The van der Waals surface area contributed by atoms with Crippen molar-refractivity contribution in [2.45, 2.75) is 45.3 Å². The van der Waals surface area contributed by atoms with Crippen LogP contribution in [0.4, 0.5) is 4.79 Å². The van der Waals surface area contributed by atoms with Gasteiger partial charge < -0.3 is 14.6 Å². The van der Waals surface area contributed by atoms with Crippen LogP contribution in [0.5, 0.6) is 0 Å². The highest BCUT2D eigenvalue weighted by atomic mass is 16.6. The van der Waals surface area contributed by atoms with Gasteiger partial charge in [0.05, 0.1) is 0 Å². The zero-order valence-corrected chi connectivity index (χ0v) is 11.5. The van der Waals surface area contributed by atoms with E-state index < -0.39 is 5.60 Å². The van der Waals surface area contributed by atoms with Crippen molar-refractivity contribution >= 4 is 6.09 Å². The van der Waals surface area contributed by atoms with E-state index in [1.807, 2.05) is 25.7 Å². The topological polar surface area (TPSA) is 44.8 Å². The summed E-state index contributed by atoms with van der Waals surface area (Å²) in [7, 11) is 0. The van der Waals surface area contributed by atoms with Crippen LogP contribution in [0.25, 0.3) is 0 Å². The lowest BCUT2D eigenvalue weighted by molar-refractivity contribution is 0.0151. The van der Waals surface area contributed by atoms with Crippen LogP contribution in [0, 0.1) is 0 Å². The van der Waals surface area contributed by atoms with Crippen molar-refractivity contribution in [3.05, 3.63) is 12.3 Å². The lowest BCUT2D eigenvalue weighted by atomic mass is 10.1. The monoisotopic (exact) mass is 253 g/mol. The van der Waals surface area contributed by atoms with E-state index in [4.69, 9.17) is 4.74 Å².